The number of carbonyl (C=O) groups is 4. The van der Waals surface area contributed by atoms with Crippen LogP contribution in [0.3, 0.4) is 0 Å². The van der Waals surface area contributed by atoms with Crippen LogP contribution in [0.1, 0.15) is 172 Å². The fourth-order valence-corrected chi connectivity index (χ4v) is 5.90. The Morgan fingerprint density at radius 3 is 0.897 bits per heavy atom. The first-order valence-electron chi connectivity index (χ1n) is 21.4. The SMILES string of the molecule is CCCCCCOc1ccc(C(=O)NNC(=O)c2ccc(C(=O)NNC(=O)c3ccc(OCCCCCC)c(OCCCCCC)c3)cc2)cc1OCCCCCC. The Hall–Kier alpha value is -5.26. The van der Waals surface area contributed by atoms with Gasteiger partial charge in [0.1, 0.15) is 0 Å². The van der Waals surface area contributed by atoms with Crippen LogP contribution in [0.15, 0.2) is 60.7 Å². The van der Waals surface area contributed by atoms with Gasteiger partial charge in [0.15, 0.2) is 23.0 Å². The number of carbonyl (C=O) groups excluding carboxylic acids is 4. The molecule has 12 heteroatoms. The van der Waals surface area contributed by atoms with Crippen molar-refractivity contribution < 1.29 is 38.1 Å². The molecule has 0 aliphatic rings. The Labute approximate surface area is 345 Å². The van der Waals surface area contributed by atoms with E-state index in [-0.39, 0.29) is 11.1 Å². The molecule has 58 heavy (non-hydrogen) atoms. The Morgan fingerprint density at radius 2 is 0.603 bits per heavy atom. The van der Waals surface area contributed by atoms with Crippen molar-refractivity contribution in [3.8, 4) is 23.0 Å². The molecule has 0 aliphatic heterocycles. The van der Waals surface area contributed by atoms with Crippen LogP contribution in [-0.2, 0) is 0 Å². The molecule has 0 saturated heterocycles. The number of nitrogens with one attached hydrogen (secondary N) is 4. The highest BCUT2D eigenvalue weighted by molar-refractivity contribution is 6.01. The zero-order valence-electron chi connectivity index (χ0n) is 35.2. The molecule has 0 radical (unpaired) electrons. The number of hydrazine groups is 2. The molecular weight excluding hydrogens is 737 g/mol. The molecule has 12 nitrogen and oxygen atoms in total. The molecule has 0 unspecified atom stereocenters. The third-order valence-electron chi connectivity index (χ3n) is 9.42. The van der Waals surface area contributed by atoms with Gasteiger partial charge in [-0.15, -0.1) is 0 Å². The van der Waals surface area contributed by atoms with Crippen molar-refractivity contribution >= 4 is 23.6 Å². The molecule has 0 atom stereocenters. The summed E-state index contributed by atoms with van der Waals surface area (Å²) >= 11 is 0. The Balaban J connectivity index is 1.54. The van der Waals surface area contributed by atoms with Gasteiger partial charge >= 0.3 is 0 Å². The lowest BCUT2D eigenvalue weighted by Crippen LogP contribution is -2.42. The van der Waals surface area contributed by atoms with E-state index in [2.05, 4.69) is 49.4 Å². The standard InChI is InChI=1S/C46H66N4O8/c1-5-9-13-17-29-55-39-27-25-37(33-41(39)57-31-19-15-11-7-3)45(53)49-47-43(51)35-21-23-36(24-22-35)44(52)48-50-46(54)38-26-28-40(56-30-18-14-10-6-2)42(34-38)58-32-20-16-12-8-4/h21-28,33-34H,5-20,29-32H2,1-4H3,(H,47,51)(H,48,52)(H,49,53)(H,50,54). The minimum Gasteiger partial charge on any atom is -0.490 e. The highest BCUT2D eigenvalue weighted by Gasteiger charge is 2.16. The Kier molecular flexibility index (Phi) is 22.9. The zero-order valence-corrected chi connectivity index (χ0v) is 35.2. The molecule has 4 N–H and O–H groups in total. The Morgan fingerprint density at radius 1 is 0.345 bits per heavy atom. The molecule has 3 aromatic rings. The maximum absolute atomic E-state index is 13.0. The van der Waals surface area contributed by atoms with Gasteiger partial charge in [-0.1, -0.05) is 105 Å². The van der Waals surface area contributed by atoms with Crippen LogP contribution in [0.4, 0.5) is 0 Å². The lowest BCUT2D eigenvalue weighted by Gasteiger charge is -2.15. The highest BCUT2D eigenvalue weighted by Crippen LogP contribution is 2.30. The predicted octanol–water partition coefficient (Wildman–Crippen LogP) is 9.67. The fourth-order valence-electron chi connectivity index (χ4n) is 5.90. The van der Waals surface area contributed by atoms with Gasteiger partial charge in [0.2, 0.25) is 0 Å². The predicted molar refractivity (Wildman–Crippen MR) is 228 cm³/mol. The van der Waals surface area contributed by atoms with Gasteiger partial charge in [-0.3, -0.25) is 40.9 Å². The van der Waals surface area contributed by atoms with Crippen LogP contribution < -0.4 is 40.7 Å². The van der Waals surface area contributed by atoms with E-state index in [0.717, 1.165) is 103 Å². The lowest BCUT2D eigenvalue weighted by atomic mass is 10.1. The minimum atomic E-state index is -0.579. The van der Waals surface area contributed by atoms with Gasteiger partial charge in [-0.25, -0.2) is 0 Å². The van der Waals surface area contributed by atoms with Crippen LogP contribution in [-0.4, -0.2) is 50.1 Å². The summed E-state index contributed by atoms with van der Waals surface area (Å²) in [5.74, 6) is -0.0824. The van der Waals surface area contributed by atoms with E-state index in [1.54, 1.807) is 36.4 Å². The summed E-state index contributed by atoms with van der Waals surface area (Å²) in [6.45, 7) is 10.8. The van der Waals surface area contributed by atoms with E-state index in [1.165, 1.54) is 24.3 Å². The van der Waals surface area contributed by atoms with Crippen molar-refractivity contribution in [2.75, 3.05) is 26.4 Å². The fraction of sp³-hybridized carbons (Fsp3) is 0.522. The summed E-state index contributed by atoms with van der Waals surface area (Å²) in [5.41, 5.74) is 10.7. The van der Waals surface area contributed by atoms with Crippen LogP contribution in [0.5, 0.6) is 23.0 Å². The average Bonchev–Trinajstić information content (AvgIpc) is 3.24. The Bertz CT molecular complexity index is 1560. The summed E-state index contributed by atoms with van der Waals surface area (Å²) in [7, 11) is 0. The number of benzene rings is 3. The monoisotopic (exact) mass is 802 g/mol. The number of unbranched alkanes of at least 4 members (excludes halogenated alkanes) is 12. The van der Waals surface area contributed by atoms with Crippen LogP contribution in [0, 0.1) is 0 Å². The first-order chi connectivity index (χ1) is 28.3. The quantitative estimate of drug-likeness (QED) is 0.0418. The maximum Gasteiger partial charge on any atom is 0.269 e. The van der Waals surface area contributed by atoms with E-state index < -0.39 is 23.6 Å². The molecule has 4 amide bonds. The van der Waals surface area contributed by atoms with E-state index >= 15 is 0 Å². The van der Waals surface area contributed by atoms with E-state index in [9.17, 15) is 19.2 Å². The van der Waals surface area contributed by atoms with Crippen molar-refractivity contribution in [3.05, 3.63) is 82.9 Å². The number of rotatable bonds is 28. The van der Waals surface area contributed by atoms with Crippen LogP contribution in [0.25, 0.3) is 0 Å². The molecule has 0 fully saturated rings. The smallest absolute Gasteiger partial charge is 0.269 e. The van der Waals surface area contributed by atoms with Gasteiger partial charge in [-0.05, 0) is 86.3 Å². The number of hydrogen-bond acceptors (Lipinski definition) is 8. The van der Waals surface area contributed by atoms with Crippen molar-refractivity contribution in [1.82, 2.24) is 21.7 Å². The molecule has 0 spiro atoms. The molecule has 0 aromatic heterocycles. The molecule has 0 bridgehead atoms. The van der Waals surface area contributed by atoms with Crippen LogP contribution in [0.2, 0.25) is 0 Å². The number of hydrogen-bond donors (Lipinski definition) is 4. The number of ether oxygens (including phenoxy) is 4. The van der Waals surface area contributed by atoms with Gasteiger partial charge in [-0.2, -0.15) is 0 Å². The van der Waals surface area contributed by atoms with Crippen molar-refractivity contribution in [2.45, 2.75) is 130 Å². The second-order valence-electron chi connectivity index (χ2n) is 14.4. The average molecular weight is 803 g/mol. The normalized spacial score (nSPS) is 10.7. The van der Waals surface area contributed by atoms with E-state index in [1.807, 2.05) is 0 Å². The highest BCUT2D eigenvalue weighted by atomic mass is 16.5. The minimum absolute atomic E-state index is 0.207. The topological polar surface area (TPSA) is 153 Å². The second-order valence-corrected chi connectivity index (χ2v) is 14.4. The third-order valence-corrected chi connectivity index (χ3v) is 9.42. The first kappa shape index (κ1) is 47.1. The van der Waals surface area contributed by atoms with Crippen molar-refractivity contribution in [2.24, 2.45) is 0 Å². The molecule has 0 heterocycles. The summed E-state index contributed by atoms with van der Waals surface area (Å²) in [6, 6.07) is 15.7. The van der Waals surface area contributed by atoms with Crippen LogP contribution >= 0.6 is 0 Å². The maximum atomic E-state index is 13.0. The third kappa shape index (κ3) is 17.5. The molecule has 318 valence electrons. The van der Waals surface area contributed by atoms with Crippen molar-refractivity contribution in [1.29, 1.82) is 0 Å². The van der Waals surface area contributed by atoms with Gasteiger partial charge in [0, 0.05) is 22.3 Å². The lowest BCUT2D eigenvalue weighted by molar-refractivity contribution is 0.0844. The van der Waals surface area contributed by atoms with E-state index in [4.69, 9.17) is 18.9 Å². The van der Waals surface area contributed by atoms with E-state index in [0.29, 0.717) is 60.6 Å². The van der Waals surface area contributed by atoms with Gasteiger partial charge in [0.25, 0.3) is 23.6 Å². The molecule has 3 aromatic carbocycles. The second kappa shape index (κ2) is 28.2. The zero-order chi connectivity index (χ0) is 41.8. The molecular formula is C46H66N4O8. The first-order valence-corrected chi connectivity index (χ1v) is 21.4. The van der Waals surface area contributed by atoms with Crippen molar-refractivity contribution in [3.63, 3.8) is 0 Å². The molecule has 0 saturated carbocycles. The molecule has 3 rings (SSSR count). The molecule has 0 aliphatic carbocycles. The van der Waals surface area contributed by atoms with Gasteiger partial charge < -0.3 is 18.9 Å². The summed E-state index contributed by atoms with van der Waals surface area (Å²) < 4.78 is 24.0. The number of amides is 4. The summed E-state index contributed by atoms with van der Waals surface area (Å²) in [5, 5.41) is 0. The summed E-state index contributed by atoms with van der Waals surface area (Å²) in [4.78, 5) is 51.8. The van der Waals surface area contributed by atoms with Gasteiger partial charge in [0.05, 0.1) is 26.4 Å². The largest absolute Gasteiger partial charge is 0.490 e. The summed E-state index contributed by atoms with van der Waals surface area (Å²) in [6.07, 6.45) is 17.0.